The molecule has 1 N–H and O–H groups in total. The van der Waals surface area contributed by atoms with E-state index in [4.69, 9.17) is 0 Å². The average Bonchev–Trinajstić information content (AvgIpc) is 2.27. The van der Waals surface area contributed by atoms with Gasteiger partial charge in [-0.2, -0.15) is 0 Å². The van der Waals surface area contributed by atoms with Crippen LogP contribution in [-0.2, 0) is 0 Å². The molecule has 0 saturated heterocycles. The molecule has 6 nitrogen and oxygen atoms in total. The molecule has 0 saturated carbocycles. The summed E-state index contributed by atoms with van der Waals surface area (Å²) in [5.41, 5.74) is 0.956. The summed E-state index contributed by atoms with van der Waals surface area (Å²) in [6.07, 6.45) is 0. The predicted molar refractivity (Wildman–Crippen MR) is 68.7 cm³/mol. The number of aryl methyl sites for hydroxylation is 1. The lowest BCUT2D eigenvalue weighted by atomic mass is 10.1. The molecule has 98 valence electrons. The second-order valence-corrected chi connectivity index (χ2v) is 4.32. The lowest BCUT2D eigenvalue weighted by Crippen LogP contribution is -2.31. The van der Waals surface area contributed by atoms with Crippen molar-refractivity contribution in [1.29, 1.82) is 0 Å². The topological polar surface area (TPSA) is 75.5 Å². The maximum atomic E-state index is 11.8. The van der Waals surface area contributed by atoms with E-state index in [9.17, 15) is 14.9 Å². The molecule has 0 aromatic heterocycles. The van der Waals surface area contributed by atoms with Gasteiger partial charge in [-0.1, -0.05) is 0 Å². The van der Waals surface area contributed by atoms with E-state index in [0.717, 1.165) is 6.54 Å². The fraction of sp³-hybridized carbons (Fsp3) is 0.417. The zero-order valence-electron chi connectivity index (χ0n) is 10.8. The molecule has 0 fully saturated rings. The minimum Gasteiger partial charge on any atom is -0.351 e. The smallest absolute Gasteiger partial charge is 0.272 e. The lowest BCUT2D eigenvalue weighted by molar-refractivity contribution is -0.385. The molecule has 0 aliphatic rings. The summed E-state index contributed by atoms with van der Waals surface area (Å²) in [5, 5.41) is 13.4. The summed E-state index contributed by atoms with van der Waals surface area (Å²) < 4.78 is 0. The SMILES string of the molecule is Cc1cc(C(=O)NCCN(C)C)ccc1[N+](=O)[O-]. The second kappa shape index (κ2) is 6.11. The molecule has 1 aromatic carbocycles. The van der Waals surface area contributed by atoms with Gasteiger partial charge in [0.15, 0.2) is 0 Å². The fourth-order valence-corrected chi connectivity index (χ4v) is 1.50. The Bertz CT molecular complexity index is 458. The first-order valence-electron chi connectivity index (χ1n) is 5.60. The molecule has 0 aliphatic heterocycles. The van der Waals surface area contributed by atoms with Gasteiger partial charge >= 0.3 is 0 Å². The molecule has 0 radical (unpaired) electrons. The molecular weight excluding hydrogens is 234 g/mol. The van der Waals surface area contributed by atoms with Crippen LogP contribution in [0, 0.1) is 17.0 Å². The van der Waals surface area contributed by atoms with Crippen LogP contribution < -0.4 is 5.32 Å². The first kappa shape index (κ1) is 14.1. The van der Waals surface area contributed by atoms with Gasteiger partial charge in [-0.05, 0) is 33.2 Å². The van der Waals surface area contributed by atoms with Crippen LogP contribution >= 0.6 is 0 Å². The highest BCUT2D eigenvalue weighted by Gasteiger charge is 2.13. The summed E-state index contributed by atoms with van der Waals surface area (Å²) >= 11 is 0. The Morgan fingerprint density at radius 3 is 2.61 bits per heavy atom. The molecule has 1 amide bonds. The number of nitrogens with one attached hydrogen (secondary N) is 1. The number of amides is 1. The maximum Gasteiger partial charge on any atom is 0.272 e. The maximum absolute atomic E-state index is 11.8. The van der Waals surface area contributed by atoms with Crippen LogP contribution in [-0.4, -0.2) is 42.9 Å². The van der Waals surface area contributed by atoms with Gasteiger partial charge in [0.2, 0.25) is 0 Å². The van der Waals surface area contributed by atoms with Crippen LogP contribution in [0.15, 0.2) is 18.2 Å². The van der Waals surface area contributed by atoms with Gasteiger partial charge in [0.05, 0.1) is 4.92 Å². The quantitative estimate of drug-likeness (QED) is 0.630. The van der Waals surface area contributed by atoms with Crippen molar-refractivity contribution in [3.05, 3.63) is 39.4 Å². The Morgan fingerprint density at radius 1 is 1.44 bits per heavy atom. The Hall–Kier alpha value is -1.95. The van der Waals surface area contributed by atoms with E-state index in [1.54, 1.807) is 6.92 Å². The number of rotatable bonds is 5. The summed E-state index contributed by atoms with van der Waals surface area (Å²) in [7, 11) is 3.84. The van der Waals surface area contributed by atoms with Gasteiger partial charge in [0.1, 0.15) is 0 Å². The number of hydrogen-bond acceptors (Lipinski definition) is 4. The van der Waals surface area contributed by atoms with E-state index in [1.165, 1.54) is 18.2 Å². The number of likely N-dealkylation sites (N-methyl/N-ethyl adjacent to an activating group) is 1. The number of benzene rings is 1. The Morgan fingerprint density at radius 2 is 2.11 bits per heavy atom. The molecule has 0 atom stereocenters. The number of nitro benzene ring substituents is 1. The third kappa shape index (κ3) is 3.81. The minimum atomic E-state index is -0.455. The van der Waals surface area contributed by atoms with Crippen molar-refractivity contribution in [2.75, 3.05) is 27.2 Å². The van der Waals surface area contributed by atoms with Crippen LogP contribution in [0.2, 0.25) is 0 Å². The van der Waals surface area contributed by atoms with Gasteiger partial charge in [-0.3, -0.25) is 14.9 Å². The molecule has 0 aliphatic carbocycles. The molecule has 1 rings (SSSR count). The van der Waals surface area contributed by atoms with Crippen molar-refractivity contribution in [3.63, 3.8) is 0 Å². The van der Waals surface area contributed by atoms with Crippen molar-refractivity contribution in [1.82, 2.24) is 10.2 Å². The van der Waals surface area contributed by atoms with Crippen molar-refractivity contribution in [2.45, 2.75) is 6.92 Å². The number of nitrogens with zero attached hydrogens (tertiary/aromatic N) is 2. The Balaban J connectivity index is 2.70. The molecule has 0 bridgehead atoms. The van der Waals surface area contributed by atoms with E-state index in [-0.39, 0.29) is 11.6 Å². The third-order valence-corrected chi connectivity index (χ3v) is 2.50. The Labute approximate surface area is 106 Å². The highest BCUT2D eigenvalue weighted by molar-refractivity contribution is 5.94. The van der Waals surface area contributed by atoms with Crippen molar-refractivity contribution in [2.24, 2.45) is 0 Å². The van der Waals surface area contributed by atoms with E-state index in [1.807, 2.05) is 19.0 Å². The van der Waals surface area contributed by atoms with Crippen LogP contribution in [0.4, 0.5) is 5.69 Å². The molecule has 6 heteroatoms. The zero-order valence-corrected chi connectivity index (χ0v) is 10.8. The van der Waals surface area contributed by atoms with Crippen LogP contribution in [0.5, 0.6) is 0 Å². The highest BCUT2D eigenvalue weighted by Crippen LogP contribution is 2.18. The Kier molecular flexibility index (Phi) is 4.79. The normalized spacial score (nSPS) is 10.4. The van der Waals surface area contributed by atoms with E-state index in [0.29, 0.717) is 17.7 Å². The lowest BCUT2D eigenvalue weighted by Gasteiger charge is -2.10. The number of hydrogen-bond donors (Lipinski definition) is 1. The van der Waals surface area contributed by atoms with Gasteiger partial charge in [-0.15, -0.1) is 0 Å². The first-order chi connectivity index (χ1) is 8.41. The zero-order chi connectivity index (χ0) is 13.7. The van der Waals surface area contributed by atoms with Crippen LogP contribution in [0.3, 0.4) is 0 Å². The fourth-order valence-electron chi connectivity index (χ4n) is 1.50. The number of carbonyl (C=O) groups excluding carboxylic acids is 1. The number of nitro groups is 1. The van der Waals surface area contributed by atoms with Crippen LogP contribution in [0.1, 0.15) is 15.9 Å². The summed E-state index contributed by atoms with van der Waals surface area (Å²) in [6, 6.07) is 4.36. The molecule has 0 spiro atoms. The molecular formula is C12H17N3O3. The summed E-state index contributed by atoms with van der Waals surface area (Å²) in [6.45, 7) is 2.91. The largest absolute Gasteiger partial charge is 0.351 e. The summed E-state index contributed by atoms with van der Waals surface area (Å²) in [4.78, 5) is 23.9. The molecule has 0 unspecified atom stereocenters. The molecule has 18 heavy (non-hydrogen) atoms. The predicted octanol–water partition coefficient (Wildman–Crippen LogP) is 1.19. The van der Waals surface area contributed by atoms with Gasteiger partial charge in [0, 0.05) is 30.3 Å². The highest BCUT2D eigenvalue weighted by atomic mass is 16.6. The van der Waals surface area contributed by atoms with Gasteiger partial charge in [0.25, 0.3) is 11.6 Å². The molecule has 0 heterocycles. The van der Waals surface area contributed by atoms with Crippen LogP contribution in [0.25, 0.3) is 0 Å². The van der Waals surface area contributed by atoms with E-state index in [2.05, 4.69) is 5.32 Å². The molecule has 1 aromatic rings. The van der Waals surface area contributed by atoms with Crippen molar-refractivity contribution < 1.29 is 9.72 Å². The average molecular weight is 251 g/mol. The van der Waals surface area contributed by atoms with Crippen molar-refractivity contribution >= 4 is 11.6 Å². The monoisotopic (exact) mass is 251 g/mol. The van der Waals surface area contributed by atoms with E-state index >= 15 is 0 Å². The third-order valence-electron chi connectivity index (χ3n) is 2.50. The first-order valence-corrected chi connectivity index (χ1v) is 5.60. The van der Waals surface area contributed by atoms with E-state index < -0.39 is 4.92 Å². The summed E-state index contributed by atoms with van der Waals surface area (Å²) in [5.74, 6) is -0.213. The van der Waals surface area contributed by atoms with Gasteiger partial charge < -0.3 is 10.2 Å². The number of carbonyl (C=O) groups is 1. The second-order valence-electron chi connectivity index (χ2n) is 4.32. The van der Waals surface area contributed by atoms with Crippen molar-refractivity contribution in [3.8, 4) is 0 Å². The van der Waals surface area contributed by atoms with Gasteiger partial charge in [-0.25, -0.2) is 0 Å². The standard InChI is InChI=1S/C12H17N3O3/c1-9-8-10(4-5-11(9)15(17)18)12(16)13-6-7-14(2)3/h4-5,8H,6-7H2,1-3H3,(H,13,16). The minimum absolute atomic E-state index is 0.0276.